The van der Waals surface area contributed by atoms with Gasteiger partial charge in [-0.2, -0.15) is 4.98 Å². The summed E-state index contributed by atoms with van der Waals surface area (Å²) >= 11 is 6.05. The summed E-state index contributed by atoms with van der Waals surface area (Å²) in [6.45, 7) is 1.82. The van der Waals surface area contributed by atoms with Crippen molar-refractivity contribution in [3.05, 3.63) is 28.8 Å². The summed E-state index contributed by atoms with van der Waals surface area (Å²) in [7, 11) is 3.31. The van der Waals surface area contributed by atoms with E-state index < -0.39 is 0 Å². The standard InChI is InChI=1S/C14H16ClN3O2/c1-8(16)12-10-5-4-9(15)6-11(10)14(20-7-19-3)18-13(12)17-2/h4-6,16H,7H2,1-3H3,(H,17,18). The van der Waals surface area contributed by atoms with E-state index in [0.717, 1.165) is 16.3 Å². The van der Waals surface area contributed by atoms with Crippen molar-refractivity contribution in [1.29, 1.82) is 5.41 Å². The predicted molar refractivity (Wildman–Crippen MR) is 81.3 cm³/mol. The Morgan fingerprint density at radius 1 is 1.40 bits per heavy atom. The maximum Gasteiger partial charge on any atom is 0.225 e. The number of hydrogen-bond donors (Lipinski definition) is 2. The van der Waals surface area contributed by atoms with E-state index in [-0.39, 0.29) is 6.79 Å². The number of methoxy groups -OCH3 is 1. The molecule has 1 heterocycles. The number of halogens is 1. The average Bonchev–Trinajstić information content (AvgIpc) is 2.43. The Balaban J connectivity index is 2.76. The summed E-state index contributed by atoms with van der Waals surface area (Å²) in [6, 6.07) is 5.43. The maximum atomic E-state index is 7.95. The zero-order chi connectivity index (χ0) is 14.7. The number of pyridine rings is 1. The van der Waals surface area contributed by atoms with Crippen LogP contribution in [0.25, 0.3) is 10.8 Å². The zero-order valence-electron chi connectivity index (χ0n) is 11.6. The van der Waals surface area contributed by atoms with Gasteiger partial charge in [0, 0.05) is 35.8 Å². The molecule has 0 fully saturated rings. The van der Waals surface area contributed by atoms with Gasteiger partial charge in [-0.05, 0) is 24.4 Å². The molecule has 5 nitrogen and oxygen atoms in total. The van der Waals surface area contributed by atoms with Crippen molar-refractivity contribution in [2.75, 3.05) is 26.3 Å². The van der Waals surface area contributed by atoms with Crippen LogP contribution in [0.5, 0.6) is 5.88 Å². The number of benzene rings is 1. The second-order valence-electron chi connectivity index (χ2n) is 4.26. The first kappa shape index (κ1) is 14.6. The van der Waals surface area contributed by atoms with Crippen LogP contribution in [-0.2, 0) is 4.74 Å². The second kappa shape index (κ2) is 6.07. The van der Waals surface area contributed by atoms with Crippen LogP contribution in [0.15, 0.2) is 18.2 Å². The van der Waals surface area contributed by atoms with E-state index in [2.05, 4.69) is 10.3 Å². The van der Waals surface area contributed by atoms with Crippen LogP contribution in [0, 0.1) is 5.41 Å². The molecular formula is C14H16ClN3O2. The molecule has 0 atom stereocenters. The van der Waals surface area contributed by atoms with Crippen molar-refractivity contribution in [3.63, 3.8) is 0 Å². The normalized spacial score (nSPS) is 10.6. The maximum absolute atomic E-state index is 7.95. The van der Waals surface area contributed by atoms with E-state index in [9.17, 15) is 0 Å². The van der Waals surface area contributed by atoms with Crippen molar-refractivity contribution < 1.29 is 9.47 Å². The highest BCUT2D eigenvalue weighted by Gasteiger charge is 2.16. The van der Waals surface area contributed by atoms with Gasteiger partial charge in [0.1, 0.15) is 5.82 Å². The second-order valence-corrected chi connectivity index (χ2v) is 4.69. The smallest absolute Gasteiger partial charge is 0.225 e. The highest BCUT2D eigenvalue weighted by atomic mass is 35.5. The first-order valence-electron chi connectivity index (χ1n) is 6.06. The average molecular weight is 294 g/mol. The Kier molecular flexibility index (Phi) is 4.42. The summed E-state index contributed by atoms with van der Waals surface area (Å²) < 4.78 is 10.4. The molecule has 0 saturated heterocycles. The van der Waals surface area contributed by atoms with Crippen LogP contribution in [0.1, 0.15) is 12.5 Å². The minimum absolute atomic E-state index is 0.0979. The highest BCUT2D eigenvalue weighted by Crippen LogP contribution is 2.33. The number of nitrogens with one attached hydrogen (secondary N) is 2. The first-order valence-corrected chi connectivity index (χ1v) is 6.44. The summed E-state index contributed by atoms with van der Waals surface area (Å²) in [5, 5.41) is 13.2. The Morgan fingerprint density at radius 3 is 2.75 bits per heavy atom. The Hall–Kier alpha value is -1.85. The molecule has 0 spiro atoms. The third-order valence-corrected chi connectivity index (χ3v) is 3.09. The fraction of sp³-hybridized carbons (Fsp3) is 0.286. The van der Waals surface area contributed by atoms with Gasteiger partial charge >= 0.3 is 0 Å². The van der Waals surface area contributed by atoms with Gasteiger partial charge in [-0.3, -0.25) is 0 Å². The van der Waals surface area contributed by atoms with Crippen LogP contribution in [0.2, 0.25) is 5.02 Å². The molecule has 2 rings (SSSR count). The van der Waals surface area contributed by atoms with Crippen LogP contribution in [-0.4, -0.2) is 31.6 Å². The van der Waals surface area contributed by atoms with Crippen LogP contribution in [0.4, 0.5) is 5.82 Å². The van der Waals surface area contributed by atoms with Gasteiger partial charge < -0.3 is 20.2 Å². The number of fused-ring (bicyclic) bond motifs is 1. The SMILES string of the molecule is CNc1nc(OCOC)c2cc(Cl)ccc2c1C(C)=N. The lowest BCUT2D eigenvalue weighted by Crippen LogP contribution is -2.08. The lowest BCUT2D eigenvalue weighted by molar-refractivity contribution is 0.0491. The zero-order valence-corrected chi connectivity index (χ0v) is 12.3. The first-order chi connectivity index (χ1) is 9.58. The molecule has 1 aromatic carbocycles. The van der Waals surface area contributed by atoms with E-state index in [0.29, 0.717) is 22.4 Å². The molecule has 0 aliphatic heterocycles. The molecule has 6 heteroatoms. The molecule has 0 aliphatic rings. The molecule has 0 aliphatic carbocycles. The quantitative estimate of drug-likeness (QED) is 0.655. The van der Waals surface area contributed by atoms with Crippen molar-refractivity contribution in [1.82, 2.24) is 4.98 Å². The molecule has 20 heavy (non-hydrogen) atoms. The van der Waals surface area contributed by atoms with Gasteiger partial charge in [0.15, 0.2) is 6.79 Å². The minimum atomic E-state index is 0.0979. The van der Waals surface area contributed by atoms with Gasteiger partial charge in [-0.15, -0.1) is 0 Å². The molecule has 106 valence electrons. The molecule has 0 bridgehead atoms. The molecule has 0 radical (unpaired) electrons. The number of ether oxygens (including phenoxy) is 2. The summed E-state index contributed by atoms with van der Waals surface area (Å²) in [5.41, 5.74) is 1.16. The Bertz CT molecular complexity index is 658. The van der Waals surface area contributed by atoms with E-state index in [1.54, 1.807) is 33.2 Å². The summed E-state index contributed by atoms with van der Waals surface area (Å²) in [6.07, 6.45) is 0. The number of hydrogen-bond acceptors (Lipinski definition) is 5. The Morgan fingerprint density at radius 2 is 2.15 bits per heavy atom. The third kappa shape index (κ3) is 2.69. The molecule has 1 aromatic heterocycles. The fourth-order valence-corrected chi connectivity index (χ4v) is 2.21. The molecule has 0 saturated carbocycles. The topological polar surface area (TPSA) is 67.2 Å². The van der Waals surface area contributed by atoms with Gasteiger partial charge in [0.25, 0.3) is 0 Å². The summed E-state index contributed by atoms with van der Waals surface area (Å²) in [4.78, 5) is 4.41. The van der Waals surface area contributed by atoms with Crippen molar-refractivity contribution in [3.8, 4) is 5.88 Å². The molecule has 0 unspecified atom stereocenters. The van der Waals surface area contributed by atoms with Crippen molar-refractivity contribution in [2.45, 2.75) is 6.92 Å². The van der Waals surface area contributed by atoms with Gasteiger partial charge in [0.2, 0.25) is 5.88 Å². The number of anilines is 1. The highest BCUT2D eigenvalue weighted by molar-refractivity contribution is 6.31. The van der Waals surface area contributed by atoms with Crippen LogP contribution >= 0.6 is 11.6 Å². The number of aromatic nitrogens is 1. The molecular weight excluding hydrogens is 278 g/mol. The van der Waals surface area contributed by atoms with Gasteiger partial charge in [-0.1, -0.05) is 17.7 Å². The lowest BCUT2D eigenvalue weighted by atomic mass is 10.0. The monoisotopic (exact) mass is 293 g/mol. The molecule has 0 amide bonds. The van der Waals surface area contributed by atoms with Crippen LogP contribution in [0.3, 0.4) is 0 Å². The lowest BCUT2D eigenvalue weighted by Gasteiger charge is -2.15. The fourth-order valence-electron chi connectivity index (χ4n) is 2.04. The Labute approximate surface area is 122 Å². The van der Waals surface area contributed by atoms with Crippen molar-refractivity contribution in [2.24, 2.45) is 0 Å². The van der Waals surface area contributed by atoms with E-state index >= 15 is 0 Å². The van der Waals surface area contributed by atoms with Gasteiger partial charge in [0.05, 0.1) is 0 Å². The number of rotatable bonds is 5. The molecule has 2 N–H and O–H groups in total. The van der Waals surface area contributed by atoms with E-state index in [4.69, 9.17) is 26.5 Å². The largest absolute Gasteiger partial charge is 0.450 e. The van der Waals surface area contributed by atoms with E-state index in [1.165, 1.54) is 0 Å². The minimum Gasteiger partial charge on any atom is -0.450 e. The van der Waals surface area contributed by atoms with Crippen molar-refractivity contribution >= 4 is 33.9 Å². The predicted octanol–water partition coefficient (Wildman–Crippen LogP) is 3.30. The number of nitrogens with zero attached hydrogens (tertiary/aromatic N) is 1. The van der Waals surface area contributed by atoms with E-state index in [1.807, 2.05) is 6.07 Å². The molecule has 2 aromatic rings. The summed E-state index contributed by atoms with van der Waals surface area (Å²) in [5.74, 6) is 1.03. The van der Waals surface area contributed by atoms with Gasteiger partial charge in [-0.25, -0.2) is 0 Å². The van der Waals surface area contributed by atoms with Crippen LogP contribution < -0.4 is 10.1 Å². The third-order valence-electron chi connectivity index (χ3n) is 2.86.